The molecule has 0 saturated heterocycles. The van der Waals surface area contributed by atoms with Gasteiger partial charge in [0.05, 0.1) is 11.1 Å². The van der Waals surface area contributed by atoms with Gasteiger partial charge < -0.3 is 10.2 Å². The number of nitrogens with one attached hydrogen (secondary N) is 1. The van der Waals surface area contributed by atoms with Crippen molar-refractivity contribution in [2.75, 3.05) is 33.7 Å². The number of rotatable bonds is 11. The zero-order valence-corrected chi connectivity index (χ0v) is 19.9. The quantitative estimate of drug-likeness (QED) is 0.122. The number of amides is 2. The molecule has 0 atom stereocenters. The number of allylic oxidation sites excluding steroid dienone is 1. The molecular weight excluding hydrogens is 479 g/mol. The summed E-state index contributed by atoms with van der Waals surface area (Å²) in [4.78, 5) is 32.5. The van der Waals surface area contributed by atoms with Gasteiger partial charge in [-0.25, -0.2) is 0 Å². The van der Waals surface area contributed by atoms with E-state index >= 15 is 0 Å². The largest absolute Gasteiger partial charge is 0.356 e. The maximum atomic E-state index is 12.3. The normalized spacial score (nSPS) is 13.2. The van der Waals surface area contributed by atoms with Crippen LogP contribution in [0, 0.1) is 0 Å². The number of fused-ring (bicyclic) bond motifs is 1. The third kappa shape index (κ3) is 7.13. The first-order valence-electron chi connectivity index (χ1n) is 10.1. The fourth-order valence-electron chi connectivity index (χ4n) is 3.34. The number of halogens is 1. The summed E-state index contributed by atoms with van der Waals surface area (Å²) < 4.78 is 0. The Morgan fingerprint density at radius 3 is 2.34 bits per heavy atom. The van der Waals surface area contributed by atoms with Crippen molar-refractivity contribution in [1.82, 2.24) is 15.1 Å². The summed E-state index contributed by atoms with van der Waals surface area (Å²) >= 11 is 0. The van der Waals surface area contributed by atoms with Gasteiger partial charge in [-0.2, -0.15) is 0 Å². The SMILES string of the molecule is C=CCCCCCN(C)C(=NC)NCCCCN1C(=O)c2ccccc2C1=O.I. The van der Waals surface area contributed by atoms with Crippen LogP contribution in [0.25, 0.3) is 0 Å². The average Bonchev–Trinajstić information content (AvgIpc) is 2.95. The molecule has 1 aliphatic heterocycles. The van der Waals surface area contributed by atoms with E-state index in [0.717, 1.165) is 44.7 Å². The maximum Gasteiger partial charge on any atom is 0.261 e. The van der Waals surface area contributed by atoms with Crippen LogP contribution in [0.4, 0.5) is 0 Å². The molecule has 0 radical (unpaired) electrons. The zero-order valence-electron chi connectivity index (χ0n) is 17.5. The maximum absolute atomic E-state index is 12.3. The third-order valence-corrected chi connectivity index (χ3v) is 4.94. The number of unbranched alkanes of at least 4 members (excludes halogenated alkanes) is 4. The van der Waals surface area contributed by atoms with Gasteiger partial charge in [0, 0.05) is 33.7 Å². The fourth-order valence-corrected chi connectivity index (χ4v) is 3.34. The van der Waals surface area contributed by atoms with E-state index in [1.807, 2.05) is 13.1 Å². The standard InChI is InChI=1S/C22H32N4O2.HI/c1-4-5-6-7-11-16-25(3)22(23-2)24-15-10-12-17-26-20(27)18-13-8-9-14-19(18)21(26)28;/h4,8-9,13-14H,1,5-7,10-12,15-17H2,2-3H3,(H,23,24);1H. The monoisotopic (exact) mass is 512 g/mol. The molecule has 2 rings (SSSR count). The molecule has 6 nitrogen and oxygen atoms in total. The molecule has 0 fully saturated rings. The van der Waals surface area contributed by atoms with E-state index in [9.17, 15) is 9.59 Å². The van der Waals surface area contributed by atoms with E-state index in [1.165, 1.54) is 17.7 Å². The van der Waals surface area contributed by atoms with Gasteiger partial charge in [-0.3, -0.25) is 19.5 Å². The number of guanidine groups is 1. The summed E-state index contributed by atoms with van der Waals surface area (Å²) in [5, 5.41) is 3.36. The smallest absolute Gasteiger partial charge is 0.261 e. The van der Waals surface area contributed by atoms with Gasteiger partial charge in [0.25, 0.3) is 11.8 Å². The van der Waals surface area contributed by atoms with Gasteiger partial charge in [-0.05, 0) is 44.2 Å². The van der Waals surface area contributed by atoms with Gasteiger partial charge in [-0.15, -0.1) is 30.6 Å². The van der Waals surface area contributed by atoms with Crippen LogP contribution in [0.1, 0.15) is 59.2 Å². The summed E-state index contributed by atoms with van der Waals surface area (Å²) in [5.41, 5.74) is 1.03. The Morgan fingerprint density at radius 1 is 1.10 bits per heavy atom. The van der Waals surface area contributed by atoms with Gasteiger partial charge in [0.2, 0.25) is 0 Å². The van der Waals surface area contributed by atoms with Crippen LogP contribution in [0.5, 0.6) is 0 Å². The first-order chi connectivity index (χ1) is 13.6. The lowest BCUT2D eigenvalue weighted by Crippen LogP contribution is -2.40. The first-order valence-corrected chi connectivity index (χ1v) is 10.1. The Bertz CT molecular complexity index is 686. The predicted octanol–water partition coefficient (Wildman–Crippen LogP) is 3.93. The first kappa shape index (κ1) is 25.1. The van der Waals surface area contributed by atoms with E-state index < -0.39 is 0 Å². The minimum Gasteiger partial charge on any atom is -0.356 e. The van der Waals surface area contributed by atoms with E-state index in [2.05, 4.69) is 21.8 Å². The van der Waals surface area contributed by atoms with Gasteiger partial charge >= 0.3 is 0 Å². The summed E-state index contributed by atoms with van der Waals surface area (Å²) in [6, 6.07) is 7.01. The number of nitrogens with zero attached hydrogens (tertiary/aromatic N) is 3. The minimum atomic E-state index is -0.180. The Balaban J connectivity index is 0.00000420. The number of hydrogen-bond donors (Lipinski definition) is 1. The van der Waals surface area contributed by atoms with E-state index in [1.54, 1.807) is 31.3 Å². The fraction of sp³-hybridized carbons (Fsp3) is 0.500. The molecule has 0 bridgehead atoms. The molecule has 7 heteroatoms. The van der Waals surface area contributed by atoms with Crippen molar-refractivity contribution in [2.24, 2.45) is 4.99 Å². The van der Waals surface area contributed by atoms with Crippen molar-refractivity contribution in [2.45, 2.75) is 38.5 Å². The molecule has 1 heterocycles. The molecule has 1 aromatic rings. The van der Waals surface area contributed by atoms with Crippen LogP contribution >= 0.6 is 24.0 Å². The van der Waals surface area contributed by atoms with Crippen molar-refractivity contribution in [3.8, 4) is 0 Å². The highest BCUT2D eigenvalue weighted by atomic mass is 127. The second-order valence-electron chi connectivity index (χ2n) is 7.05. The number of carbonyl (C=O) groups excluding carboxylic acids is 2. The van der Waals surface area contributed by atoms with Gasteiger partial charge in [-0.1, -0.05) is 24.6 Å². The highest BCUT2D eigenvalue weighted by Crippen LogP contribution is 2.22. The minimum absolute atomic E-state index is 0. The number of aliphatic imine (C=N–C) groups is 1. The zero-order chi connectivity index (χ0) is 20.4. The van der Waals surface area contributed by atoms with Crippen LogP contribution in [-0.2, 0) is 0 Å². The number of carbonyl (C=O) groups is 2. The lowest BCUT2D eigenvalue weighted by Gasteiger charge is -2.22. The molecule has 29 heavy (non-hydrogen) atoms. The van der Waals surface area contributed by atoms with Crippen molar-refractivity contribution in [3.05, 3.63) is 48.0 Å². The van der Waals surface area contributed by atoms with E-state index in [-0.39, 0.29) is 35.8 Å². The highest BCUT2D eigenvalue weighted by molar-refractivity contribution is 14.0. The molecule has 0 unspecified atom stereocenters. The van der Waals surface area contributed by atoms with Crippen LogP contribution in [0.15, 0.2) is 41.9 Å². The van der Waals surface area contributed by atoms with Crippen LogP contribution in [0.2, 0.25) is 0 Å². The summed E-state index contributed by atoms with van der Waals surface area (Å²) in [6.45, 7) is 5.92. The number of benzene rings is 1. The summed E-state index contributed by atoms with van der Waals surface area (Å²) in [7, 11) is 3.83. The lowest BCUT2D eigenvalue weighted by atomic mass is 10.1. The Hall–Kier alpha value is -1.90. The van der Waals surface area contributed by atoms with Crippen LogP contribution in [-0.4, -0.2) is 61.3 Å². The Morgan fingerprint density at radius 2 is 1.76 bits per heavy atom. The Labute approximate surface area is 191 Å². The van der Waals surface area contributed by atoms with Gasteiger partial charge in [0.1, 0.15) is 0 Å². The predicted molar refractivity (Wildman–Crippen MR) is 129 cm³/mol. The topological polar surface area (TPSA) is 65.0 Å². The highest BCUT2D eigenvalue weighted by Gasteiger charge is 2.34. The number of hydrogen-bond acceptors (Lipinski definition) is 3. The molecule has 0 aromatic heterocycles. The molecule has 1 aromatic carbocycles. The second kappa shape index (κ2) is 13.3. The van der Waals surface area contributed by atoms with Crippen LogP contribution in [0.3, 0.4) is 0 Å². The molecule has 0 spiro atoms. The van der Waals surface area contributed by atoms with Crippen molar-refractivity contribution in [1.29, 1.82) is 0 Å². The number of imide groups is 1. The van der Waals surface area contributed by atoms with E-state index in [4.69, 9.17) is 0 Å². The van der Waals surface area contributed by atoms with Gasteiger partial charge in [0.15, 0.2) is 5.96 Å². The molecule has 1 aliphatic rings. The van der Waals surface area contributed by atoms with Crippen molar-refractivity contribution in [3.63, 3.8) is 0 Å². The molecule has 0 saturated carbocycles. The third-order valence-electron chi connectivity index (χ3n) is 4.94. The average molecular weight is 512 g/mol. The molecule has 0 aliphatic carbocycles. The lowest BCUT2D eigenvalue weighted by molar-refractivity contribution is 0.0652. The summed E-state index contributed by atoms with van der Waals surface area (Å²) in [5.74, 6) is 0.519. The molecular formula is C22H33IN4O2. The molecule has 2 amide bonds. The second-order valence-corrected chi connectivity index (χ2v) is 7.05. The molecule has 160 valence electrons. The van der Waals surface area contributed by atoms with Crippen molar-refractivity contribution < 1.29 is 9.59 Å². The van der Waals surface area contributed by atoms with Crippen molar-refractivity contribution >= 4 is 41.8 Å². The summed E-state index contributed by atoms with van der Waals surface area (Å²) in [6.07, 6.45) is 8.16. The van der Waals surface area contributed by atoms with Crippen LogP contribution < -0.4 is 5.32 Å². The molecule has 1 N–H and O–H groups in total. The Kier molecular flexibility index (Phi) is 11.6. The van der Waals surface area contributed by atoms with E-state index in [0.29, 0.717) is 17.7 Å².